The number of hydrogen-bond acceptors (Lipinski definition) is 4. The van der Waals surface area contributed by atoms with Crippen LogP contribution in [0.3, 0.4) is 0 Å². The summed E-state index contributed by atoms with van der Waals surface area (Å²) in [6, 6.07) is 9.18. The predicted octanol–water partition coefficient (Wildman–Crippen LogP) is 2.75. The number of rotatable bonds is 5. The van der Waals surface area contributed by atoms with Gasteiger partial charge in [-0.05, 0) is 55.8 Å². The van der Waals surface area contributed by atoms with E-state index in [-0.39, 0.29) is 30.0 Å². The molecule has 2 heterocycles. The van der Waals surface area contributed by atoms with Gasteiger partial charge in [0.25, 0.3) is 0 Å². The summed E-state index contributed by atoms with van der Waals surface area (Å²) < 4.78 is 13.0. The highest BCUT2D eigenvalue weighted by atomic mass is 19.1. The summed E-state index contributed by atoms with van der Waals surface area (Å²) in [7, 11) is 0. The number of nitrogens with one attached hydrogen (secondary N) is 1. The molecule has 1 saturated heterocycles. The van der Waals surface area contributed by atoms with Crippen LogP contribution in [0.1, 0.15) is 23.2 Å². The molecule has 25 heavy (non-hydrogen) atoms. The first-order valence-corrected chi connectivity index (χ1v) is 8.34. The Labute approximate surface area is 145 Å². The number of piperidine rings is 1. The van der Waals surface area contributed by atoms with Gasteiger partial charge < -0.3 is 5.32 Å². The van der Waals surface area contributed by atoms with E-state index >= 15 is 0 Å². The van der Waals surface area contributed by atoms with E-state index in [9.17, 15) is 14.0 Å². The molecule has 0 unspecified atom stereocenters. The van der Waals surface area contributed by atoms with E-state index in [0.717, 1.165) is 19.4 Å². The van der Waals surface area contributed by atoms with Crippen LogP contribution < -0.4 is 5.32 Å². The fraction of sp³-hybridized carbons (Fsp3) is 0.316. The highest BCUT2D eigenvalue weighted by Crippen LogP contribution is 2.21. The maximum Gasteiger partial charge on any atom is 0.238 e. The molecule has 1 atom stereocenters. The molecule has 130 valence electrons. The van der Waals surface area contributed by atoms with E-state index in [1.165, 1.54) is 24.3 Å². The Hall–Kier alpha value is -2.60. The fourth-order valence-electron chi connectivity index (χ4n) is 3.10. The number of aromatic nitrogens is 1. The van der Waals surface area contributed by atoms with Crippen molar-refractivity contribution in [3.63, 3.8) is 0 Å². The molecule has 1 aromatic heterocycles. The first-order valence-electron chi connectivity index (χ1n) is 8.34. The highest BCUT2D eigenvalue weighted by Gasteiger charge is 2.27. The first-order chi connectivity index (χ1) is 12.1. The normalized spacial score (nSPS) is 17.9. The second-order valence-electron chi connectivity index (χ2n) is 6.24. The number of carbonyl (C=O) groups is 2. The van der Waals surface area contributed by atoms with E-state index < -0.39 is 0 Å². The molecule has 1 amide bonds. The number of amides is 1. The van der Waals surface area contributed by atoms with E-state index in [1.807, 2.05) is 4.90 Å². The monoisotopic (exact) mass is 341 g/mol. The molecular formula is C19H20FN3O2. The summed E-state index contributed by atoms with van der Waals surface area (Å²) in [5.74, 6) is -0.625. The minimum atomic E-state index is -0.353. The predicted molar refractivity (Wildman–Crippen MR) is 92.8 cm³/mol. The van der Waals surface area contributed by atoms with Gasteiger partial charge in [-0.1, -0.05) is 0 Å². The summed E-state index contributed by atoms with van der Waals surface area (Å²) >= 11 is 0. The number of pyridine rings is 1. The number of carbonyl (C=O) groups excluding carboxylic acids is 2. The van der Waals surface area contributed by atoms with Crippen molar-refractivity contribution < 1.29 is 14.0 Å². The number of hydrogen-bond donors (Lipinski definition) is 1. The SMILES string of the molecule is O=C(CN1CCC[C@H](C(=O)c2ccc(F)cc2)C1)Nc1cccnc1. The van der Waals surface area contributed by atoms with Crippen molar-refractivity contribution in [2.24, 2.45) is 5.92 Å². The van der Waals surface area contributed by atoms with Crippen molar-refractivity contribution in [3.05, 3.63) is 60.2 Å². The fourth-order valence-corrected chi connectivity index (χ4v) is 3.10. The van der Waals surface area contributed by atoms with Gasteiger partial charge in [0.1, 0.15) is 5.82 Å². The number of likely N-dealkylation sites (tertiary alicyclic amines) is 1. The average Bonchev–Trinajstić information content (AvgIpc) is 2.63. The number of ketones is 1. The Morgan fingerprint density at radius 1 is 1.24 bits per heavy atom. The molecule has 0 bridgehead atoms. The topological polar surface area (TPSA) is 62.3 Å². The molecule has 1 N–H and O–H groups in total. The molecule has 1 aliphatic heterocycles. The third kappa shape index (κ3) is 4.70. The molecular weight excluding hydrogens is 321 g/mol. The molecule has 2 aromatic rings. The van der Waals surface area contributed by atoms with Gasteiger partial charge in [-0.3, -0.25) is 19.5 Å². The number of benzene rings is 1. The lowest BCUT2D eigenvalue weighted by Gasteiger charge is -2.31. The number of halogens is 1. The Bertz CT molecular complexity index is 734. The number of Topliss-reactive ketones (excluding diaryl/α,β-unsaturated/α-hetero) is 1. The van der Waals surface area contributed by atoms with Crippen molar-refractivity contribution >= 4 is 17.4 Å². The minimum absolute atomic E-state index is 0.0115. The van der Waals surface area contributed by atoms with E-state index in [1.54, 1.807) is 24.5 Å². The molecule has 0 aliphatic carbocycles. The molecule has 1 aromatic carbocycles. The van der Waals surface area contributed by atoms with Gasteiger partial charge in [0, 0.05) is 24.2 Å². The van der Waals surface area contributed by atoms with Gasteiger partial charge in [-0.15, -0.1) is 0 Å². The highest BCUT2D eigenvalue weighted by molar-refractivity contribution is 5.98. The van der Waals surface area contributed by atoms with E-state index in [0.29, 0.717) is 17.8 Å². The minimum Gasteiger partial charge on any atom is -0.324 e. The zero-order valence-corrected chi connectivity index (χ0v) is 13.8. The number of anilines is 1. The van der Waals surface area contributed by atoms with Crippen LogP contribution in [0.4, 0.5) is 10.1 Å². The van der Waals surface area contributed by atoms with Crippen molar-refractivity contribution in [1.29, 1.82) is 0 Å². The Kier molecular flexibility index (Phi) is 5.50. The second kappa shape index (κ2) is 7.98. The summed E-state index contributed by atoms with van der Waals surface area (Å²) in [6.07, 6.45) is 4.88. The third-order valence-electron chi connectivity index (χ3n) is 4.32. The van der Waals surface area contributed by atoms with Gasteiger partial charge in [-0.2, -0.15) is 0 Å². The van der Waals surface area contributed by atoms with Crippen LogP contribution in [0.15, 0.2) is 48.8 Å². The molecule has 1 fully saturated rings. The van der Waals surface area contributed by atoms with Gasteiger partial charge in [-0.25, -0.2) is 4.39 Å². The quantitative estimate of drug-likeness (QED) is 0.850. The van der Waals surface area contributed by atoms with Crippen LogP contribution in [0.25, 0.3) is 0 Å². The maximum atomic E-state index is 13.0. The van der Waals surface area contributed by atoms with Crippen molar-refractivity contribution in [1.82, 2.24) is 9.88 Å². The van der Waals surface area contributed by atoms with Crippen LogP contribution >= 0.6 is 0 Å². The smallest absolute Gasteiger partial charge is 0.238 e. The molecule has 6 heteroatoms. The number of nitrogens with zero attached hydrogens (tertiary/aromatic N) is 2. The lowest BCUT2D eigenvalue weighted by atomic mass is 9.90. The standard InChI is InChI=1S/C19H20FN3O2/c20-16-7-5-14(6-8-16)19(25)15-3-2-10-23(12-15)13-18(24)22-17-4-1-9-21-11-17/h1,4-9,11,15H,2-3,10,12-13H2,(H,22,24)/t15-/m0/s1. The van der Waals surface area contributed by atoms with Crippen molar-refractivity contribution in [2.45, 2.75) is 12.8 Å². The van der Waals surface area contributed by atoms with Gasteiger partial charge in [0.15, 0.2) is 5.78 Å². The van der Waals surface area contributed by atoms with Crippen molar-refractivity contribution in [3.8, 4) is 0 Å². The van der Waals surface area contributed by atoms with Gasteiger partial charge >= 0.3 is 0 Å². The van der Waals surface area contributed by atoms with Gasteiger partial charge in [0.05, 0.1) is 18.4 Å². The molecule has 5 nitrogen and oxygen atoms in total. The molecule has 0 saturated carbocycles. The van der Waals surface area contributed by atoms with Crippen LogP contribution in [-0.2, 0) is 4.79 Å². The third-order valence-corrected chi connectivity index (χ3v) is 4.32. The van der Waals surface area contributed by atoms with Gasteiger partial charge in [0.2, 0.25) is 5.91 Å². The Morgan fingerprint density at radius 2 is 2.04 bits per heavy atom. The molecule has 1 aliphatic rings. The molecule has 0 spiro atoms. The maximum absolute atomic E-state index is 13.0. The van der Waals surface area contributed by atoms with Crippen LogP contribution in [0.2, 0.25) is 0 Å². The van der Waals surface area contributed by atoms with Crippen molar-refractivity contribution in [2.75, 3.05) is 25.0 Å². The molecule has 3 rings (SSSR count). The van der Waals surface area contributed by atoms with Crippen LogP contribution in [-0.4, -0.2) is 41.2 Å². The average molecular weight is 341 g/mol. The largest absolute Gasteiger partial charge is 0.324 e. The summed E-state index contributed by atoms with van der Waals surface area (Å²) in [4.78, 5) is 30.7. The van der Waals surface area contributed by atoms with Crippen LogP contribution in [0.5, 0.6) is 0 Å². The molecule has 0 radical (unpaired) electrons. The van der Waals surface area contributed by atoms with E-state index in [2.05, 4.69) is 10.3 Å². The summed E-state index contributed by atoms with van der Waals surface area (Å²) in [6.45, 7) is 1.56. The Morgan fingerprint density at radius 3 is 2.76 bits per heavy atom. The van der Waals surface area contributed by atoms with Crippen LogP contribution in [0, 0.1) is 11.7 Å². The first kappa shape index (κ1) is 17.2. The second-order valence-corrected chi connectivity index (χ2v) is 6.24. The zero-order valence-electron chi connectivity index (χ0n) is 13.8. The van der Waals surface area contributed by atoms with E-state index in [4.69, 9.17) is 0 Å². The summed E-state index contributed by atoms with van der Waals surface area (Å²) in [5.41, 5.74) is 1.18. The zero-order chi connectivity index (χ0) is 17.6. The lowest BCUT2D eigenvalue weighted by Crippen LogP contribution is -2.42. The Balaban J connectivity index is 1.56. The lowest BCUT2D eigenvalue weighted by molar-refractivity contribution is -0.117. The summed E-state index contributed by atoms with van der Waals surface area (Å²) in [5, 5.41) is 2.80.